The van der Waals surface area contributed by atoms with Crippen LogP contribution in [0.2, 0.25) is 0 Å². The van der Waals surface area contributed by atoms with Gasteiger partial charge in [-0.1, -0.05) is 37.3 Å². The molecule has 0 spiro atoms. The van der Waals surface area contributed by atoms with Gasteiger partial charge in [0.2, 0.25) is 0 Å². The summed E-state index contributed by atoms with van der Waals surface area (Å²) in [7, 11) is 2.05. The van der Waals surface area contributed by atoms with Crippen molar-refractivity contribution in [3.05, 3.63) is 89.5 Å². The Morgan fingerprint density at radius 2 is 1.69 bits per heavy atom. The molecule has 3 aromatic rings. The van der Waals surface area contributed by atoms with Crippen molar-refractivity contribution in [1.82, 2.24) is 9.80 Å². The summed E-state index contributed by atoms with van der Waals surface area (Å²) in [4.78, 5) is 31.0. The second-order valence-corrected chi connectivity index (χ2v) is 12.8. The molecular formula is C37H47F3N4O5. The maximum atomic E-state index is 14.3. The SMILES string of the molecule is C[C@H](CO)N1C[C@H](C)[C@@H](CN(C)Cc2ccccc2)OCCCC[C@H](C)Oc2ccc(NC(=O)Nc3ccc(C(F)(F)F)cc3)cc2C1=O. The highest BCUT2D eigenvalue weighted by Crippen LogP contribution is 2.31. The van der Waals surface area contributed by atoms with Crippen LogP contribution in [-0.4, -0.2) is 78.4 Å². The van der Waals surface area contributed by atoms with Crippen molar-refractivity contribution >= 4 is 23.3 Å². The summed E-state index contributed by atoms with van der Waals surface area (Å²) in [6.45, 7) is 7.74. The number of aliphatic hydroxyl groups excluding tert-OH is 1. The van der Waals surface area contributed by atoms with Crippen molar-refractivity contribution < 1.29 is 37.3 Å². The molecule has 1 aliphatic rings. The van der Waals surface area contributed by atoms with Gasteiger partial charge in [-0.25, -0.2) is 4.79 Å². The molecule has 3 aromatic carbocycles. The second-order valence-electron chi connectivity index (χ2n) is 12.8. The number of amides is 3. The fourth-order valence-corrected chi connectivity index (χ4v) is 5.77. The molecule has 0 aromatic heterocycles. The Morgan fingerprint density at radius 3 is 2.37 bits per heavy atom. The lowest BCUT2D eigenvalue weighted by Crippen LogP contribution is -2.47. The summed E-state index contributed by atoms with van der Waals surface area (Å²) < 4.78 is 51.5. The number of likely N-dealkylation sites (N-methyl/N-ethyl adjacent to an activating group) is 1. The van der Waals surface area contributed by atoms with Crippen LogP contribution < -0.4 is 15.4 Å². The standard InChI is InChI=1S/C37H47F3N4O5/c1-25-21-44(26(2)24-45)35(46)32-20-31(42-36(47)41-30-15-13-29(14-16-30)37(38,39)40)17-18-33(32)49-27(3)10-8-9-19-48-34(25)23-43(4)22-28-11-6-5-7-12-28/h5-7,11-18,20,25-27,34,45H,8-10,19,21-24H2,1-4H3,(H2,41,42,47)/t25-,26+,27-,34+/m0/s1. The lowest BCUT2D eigenvalue weighted by atomic mass is 10.0. The first-order valence-corrected chi connectivity index (χ1v) is 16.7. The first kappa shape index (κ1) is 37.7. The van der Waals surface area contributed by atoms with Gasteiger partial charge < -0.3 is 30.1 Å². The summed E-state index contributed by atoms with van der Waals surface area (Å²) >= 11 is 0. The number of halogens is 3. The zero-order valence-corrected chi connectivity index (χ0v) is 28.5. The summed E-state index contributed by atoms with van der Waals surface area (Å²) in [5.41, 5.74) is 1.02. The molecule has 0 saturated heterocycles. The number of benzene rings is 3. The number of aliphatic hydroxyl groups is 1. The molecule has 0 saturated carbocycles. The number of hydrogen-bond acceptors (Lipinski definition) is 6. The molecule has 4 rings (SSSR count). The van der Waals surface area contributed by atoms with Crippen molar-refractivity contribution in [1.29, 1.82) is 0 Å². The van der Waals surface area contributed by atoms with Crippen LogP contribution in [0.3, 0.4) is 0 Å². The zero-order chi connectivity index (χ0) is 35.6. The third kappa shape index (κ3) is 11.2. The van der Waals surface area contributed by atoms with Crippen LogP contribution in [0.25, 0.3) is 0 Å². The smallest absolute Gasteiger partial charge is 0.416 e. The van der Waals surface area contributed by atoms with Crippen LogP contribution in [0.1, 0.15) is 61.5 Å². The molecule has 0 aliphatic carbocycles. The van der Waals surface area contributed by atoms with Gasteiger partial charge in [0.1, 0.15) is 5.75 Å². The number of ether oxygens (including phenoxy) is 2. The quantitative estimate of drug-likeness (QED) is 0.231. The summed E-state index contributed by atoms with van der Waals surface area (Å²) in [6.07, 6.45) is -2.45. The molecule has 0 unspecified atom stereocenters. The highest BCUT2D eigenvalue weighted by Gasteiger charge is 2.31. The van der Waals surface area contributed by atoms with E-state index in [1.54, 1.807) is 24.0 Å². The Morgan fingerprint density at radius 1 is 1.02 bits per heavy atom. The van der Waals surface area contributed by atoms with Crippen molar-refractivity contribution in [2.24, 2.45) is 5.92 Å². The minimum absolute atomic E-state index is 0.0989. The number of nitrogens with zero attached hydrogens (tertiary/aromatic N) is 2. The number of alkyl halides is 3. The fraction of sp³-hybridized carbons (Fsp3) is 0.459. The number of carbonyl (C=O) groups is 2. The zero-order valence-electron chi connectivity index (χ0n) is 28.5. The first-order valence-electron chi connectivity index (χ1n) is 16.7. The van der Waals surface area contributed by atoms with Gasteiger partial charge in [-0.05, 0) is 88.2 Å². The third-order valence-corrected chi connectivity index (χ3v) is 8.57. The first-order chi connectivity index (χ1) is 23.3. The molecule has 1 heterocycles. The third-order valence-electron chi connectivity index (χ3n) is 8.57. The minimum atomic E-state index is -4.49. The number of fused-ring (bicyclic) bond motifs is 1. The van der Waals surface area contributed by atoms with Crippen molar-refractivity contribution in [3.8, 4) is 5.75 Å². The van der Waals surface area contributed by atoms with E-state index < -0.39 is 23.8 Å². The van der Waals surface area contributed by atoms with Crippen molar-refractivity contribution in [2.75, 3.05) is 44.0 Å². The minimum Gasteiger partial charge on any atom is -0.490 e. The highest BCUT2D eigenvalue weighted by atomic mass is 19.4. The van der Waals surface area contributed by atoms with Crippen LogP contribution in [0.15, 0.2) is 72.8 Å². The Hall–Kier alpha value is -4.13. The Bertz CT molecular complexity index is 1510. The molecule has 0 bridgehead atoms. The van der Waals surface area contributed by atoms with Crippen LogP contribution >= 0.6 is 0 Å². The van der Waals surface area contributed by atoms with Gasteiger partial charge in [0.25, 0.3) is 5.91 Å². The maximum Gasteiger partial charge on any atom is 0.416 e. The molecule has 266 valence electrons. The predicted molar refractivity (Wildman–Crippen MR) is 184 cm³/mol. The molecular weight excluding hydrogens is 637 g/mol. The monoisotopic (exact) mass is 684 g/mol. The van der Waals surface area contributed by atoms with Gasteiger partial charge in [-0.15, -0.1) is 0 Å². The highest BCUT2D eigenvalue weighted by molar-refractivity contribution is 6.02. The van der Waals surface area contributed by atoms with Gasteiger partial charge in [0, 0.05) is 43.5 Å². The van der Waals surface area contributed by atoms with Crippen LogP contribution in [0.4, 0.5) is 29.3 Å². The molecule has 0 radical (unpaired) electrons. The number of anilines is 2. The summed E-state index contributed by atoms with van der Waals surface area (Å²) in [5, 5.41) is 15.4. The van der Waals surface area contributed by atoms with E-state index in [4.69, 9.17) is 9.47 Å². The molecule has 9 nitrogen and oxygen atoms in total. The molecule has 1 aliphatic heterocycles. The molecule has 0 fully saturated rings. The normalized spacial score (nSPS) is 20.1. The van der Waals surface area contributed by atoms with E-state index >= 15 is 0 Å². The van der Waals surface area contributed by atoms with Gasteiger partial charge in [-0.2, -0.15) is 13.2 Å². The number of nitrogens with one attached hydrogen (secondary N) is 2. The van der Waals surface area contributed by atoms with Crippen molar-refractivity contribution in [2.45, 2.75) is 71.0 Å². The second kappa shape index (κ2) is 17.5. The summed E-state index contributed by atoms with van der Waals surface area (Å²) in [6, 6.07) is 17.8. The van der Waals surface area contributed by atoms with E-state index in [0.29, 0.717) is 25.4 Å². The Balaban J connectivity index is 1.57. The van der Waals surface area contributed by atoms with E-state index in [0.717, 1.165) is 50.1 Å². The summed E-state index contributed by atoms with van der Waals surface area (Å²) in [5.74, 6) is -0.129. The fourth-order valence-electron chi connectivity index (χ4n) is 5.77. The van der Waals surface area contributed by atoms with Crippen LogP contribution in [0.5, 0.6) is 5.75 Å². The van der Waals surface area contributed by atoms with E-state index in [1.165, 1.54) is 11.6 Å². The topological polar surface area (TPSA) is 103 Å². The van der Waals surface area contributed by atoms with Gasteiger partial charge in [0.15, 0.2) is 0 Å². The molecule has 3 N–H and O–H groups in total. The molecule has 12 heteroatoms. The van der Waals surface area contributed by atoms with Gasteiger partial charge >= 0.3 is 12.2 Å². The Labute approximate surface area is 286 Å². The average Bonchev–Trinajstić information content (AvgIpc) is 3.06. The van der Waals surface area contributed by atoms with E-state index in [2.05, 4.69) is 27.7 Å². The predicted octanol–water partition coefficient (Wildman–Crippen LogP) is 7.28. The molecule has 4 atom stereocenters. The van der Waals surface area contributed by atoms with E-state index in [-0.39, 0.29) is 47.6 Å². The van der Waals surface area contributed by atoms with E-state index in [9.17, 15) is 27.9 Å². The molecule has 49 heavy (non-hydrogen) atoms. The van der Waals surface area contributed by atoms with Crippen molar-refractivity contribution in [3.63, 3.8) is 0 Å². The van der Waals surface area contributed by atoms with Gasteiger partial charge in [0.05, 0.1) is 36.0 Å². The number of urea groups is 1. The van der Waals surface area contributed by atoms with Crippen LogP contribution in [0, 0.1) is 5.92 Å². The number of carbonyl (C=O) groups excluding carboxylic acids is 2. The molecule has 3 amide bonds. The van der Waals surface area contributed by atoms with Gasteiger partial charge in [-0.3, -0.25) is 9.69 Å². The largest absolute Gasteiger partial charge is 0.490 e. The number of hydrogen-bond donors (Lipinski definition) is 3. The number of rotatable bonds is 8. The Kier molecular flexibility index (Phi) is 13.5. The lowest BCUT2D eigenvalue weighted by molar-refractivity contribution is -0.137. The van der Waals surface area contributed by atoms with E-state index in [1.807, 2.05) is 39.1 Å². The lowest BCUT2D eigenvalue weighted by Gasteiger charge is -2.36. The van der Waals surface area contributed by atoms with Crippen LogP contribution in [-0.2, 0) is 17.5 Å². The average molecular weight is 685 g/mol. The maximum absolute atomic E-state index is 14.3.